The number of benzene rings is 1. The minimum atomic E-state index is -4.33. The zero-order valence-corrected chi connectivity index (χ0v) is 13.2. The molecular weight excluding hydrogens is 303 g/mol. The first-order valence-electron chi connectivity index (χ1n) is 7.89. The van der Waals surface area contributed by atoms with Gasteiger partial charge < -0.3 is 0 Å². The number of alkyl halides is 3. The normalized spacial score (nSPS) is 19.0. The van der Waals surface area contributed by atoms with E-state index in [1.54, 1.807) is 0 Å². The summed E-state index contributed by atoms with van der Waals surface area (Å²) < 4.78 is 37.8. The molecule has 0 bridgehead atoms. The summed E-state index contributed by atoms with van der Waals surface area (Å²) in [6.07, 6.45) is 0.491. The quantitative estimate of drug-likeness (QED) is 0.846. The summed E-state index contributed by atoms with van der Waals surface area (Å²) in [5.74, 6) is 1.51. The Hall–Kier alpha value is -1.85. The second-order valence-electron chi connectivity index (χ2n) is 6.70. The molecule has 124 valence electrons. The first kappa shape index (κ1) is 16.0. The summed E-state index contributed by atoms with van der Waals surface area (Å²) >= 11 is 0. The van der Waals surface area contributed by atoms with Crippen molar-refractivity contribution in [1.82, 2.24) is 15.2 Å². The van der Waals surface area contributed by atoms with Crippen molar-refractivity contribution in [2.24, 2.45) is 5.41 Å². The third-order valence-electron chi connectivity index (χ3n) is 5.17. The van der Waals surface area contributed by atoms with Gasteiger partial charge in [0.15, 0.2) is 5.82 Å². The number of H-pyrrole nitrogens is 1. The first-order chi connectivity index (χ1) is 10.8. The van der Waals surface area contributed by atoms with Gasteiger partial charge in [0.05, 0.1) is 5.56 Å². The van der Waals surface area contributed by atoms with Gasteiger partial charge in [0.2, 0.25) is 0 Å². The van der Waals surface area contributed by atoms with Gasteiger partial charge >= 0.3 is 6.18 Å². The van der Waals surface area contributed by atoms with E-state index in [4.69, 9.17) is 0 Å². The zero-order chi connectivity index (χ0) is 16.7. The third kappa shape index (κ3) is 3.12. The van der Waals surface area contributed by atoms with Gasteiger partial charge in [0.25, 0.3) is 0 Å². The van der Waals surface area contributed by atoms with E-state index in [2.05, 4.69) is 29.0 Å². The smallest absolute Gasteiger partial charge is 0.262 e. The number of nitrogens with one attached hydrogen (secondary N) is 1. The van der Waals surface area contributed by atoms with Crippen LogP contribution in [0.5, 0.6) is 0 Å². The van der Waals surface area contributed by atoms with E-state index >= 15 is 0 Å². The molecule has 1 atom stereocenters. The highest BCUT2D eigenvalue weighted by atomic mass is 19.4. The third-order valence-corrected chi connectivity index (χ3v) is 5.17. The SMILES string of the molecule is CC(c1nc(-c2ccc(C(F)(F)F)cc2)n[nH]1)C1(C)CCCC1. The van der Waals surface area contributed by atoms with Gasteiger partial charge in [0.1, 0.15) is 5.82 Å². The van der Waals surface area contributed by atoms with Crippen molar-refractivity contribution in [3.8, 4) is 11.4 Å². The predicted molar refractivity (Wildman–Crippen MR) is 81.8 cm³/mol. The van der Waals surface area contributed by atoms with Crippen molar-refractivity contribution >= 4 is 0 Å². The van der Waals surface area contributed by atoms with E-state index in [9.17, 15) is 13.2 Å². The maximum absolute atomic E-state index is 12.6. The highest BCUT2D eigenvalue weighted by molar-refractivity contribution is 5.55. The van der Waals surface area contributed by atoms with Gasteiger partial charge in [-0.1, -0.05) is 38.8 Å². The van der Waals surface area contributed by atoms with Crippen molar-refractivity contribution in [1.29, 1.82) is 0 Å². The second-order valence-corrected chi connectivity index (χ2v) is 6.70. The van der Waals surface area contributed by atoms with Crippen LogP contribution in [0.1, 0.15) is 56.8 Å². The Labute approximate surface area is 133 Å². The molecule has 1 unspecified atom stereocenters. The molecule has 0 aliphatic heterocycles. The Morgan fingerprint density at radius 1 is 1.13 bits per heavy atom. The number of hydrogen-bond donors (Lipinski definition) is 1. The van der Waals surface area contributed by atoms with Crippen molar-refractivity contribution in [2.75, 3.05) is 0 Å². The lowest BCUT2D eigenvalue weighted by Crippen LogP contribution is -2.20. The Kier molecular flexibility index (Phi) is 3.94. The van der Waals surface area contributed by atoms with Crippen LogP contribution in [0.3, 0.4) is 0 Å². The van der Waals surface area contributed by atoms with E-state index in [0.29, 0.717) is 11.4 Å². The molecule has 1 saturated carbocycles. The summed E-state index contributed by atoms with van der Waals surface area (Å²) in [5, 5.41) is 7.15. The number of halogens is 3. The molecule has 3 rings (SSSR count). The molecule has 23 heavy (non-hydrogen) atoms. The highest BCUT2D eigenvalue weighted by Gasteiger charge is 2.37. The molecule has 1 aromatic heterocycles. The number of hydrogen-bond acceptors (Lipinski definition) is 2. The summed E-state index contributed by atoms with van der Waals surface area (Å²) in [4.78, 5) is 4.51. The molecule has 0 radical (unpaired) electrons. The fourth-order valence-electron chi connectivity index (χ4n) is 3.35. The fraction of sp³-hybridized carbons (Fsp3) is 0.529. The Balaban J connectivity index is 1.82. The van der Waals surface area contributed by atoms with Crippen LogP contribution in [0.4, 0.5) is 13.2 Å². The minimum Gasteiger partial charge on any atom is -0.262 e. The average molecular weight is 323 g/mol. The maximum Gasteiger partial charge on any atom is 0.416 e. The van der Waals surface area contributed by atoms with Crippen LogP contribution in [0.25, 0.3) is 11.4 Å². The molecule has 1 aliphatic rings. The molecule has 0 amide bonds. The summed E-state index contributed by atoms with van der Waals surface area (Å²) in [6.45, 7) is 4.41. The van der Waals surface area contributed by atoms with Gasteiger partial charge in [0, 0.05) is 11.5 Å². The van der Waals surface area contributed by atoms with Crippen molar-refractivity contribution in [2.45, 2.75) is 51.6 Å². The monoisotopic (exact) mass is 323 g/mol. The topological polar surface area (TPSA) is 41.6 Å². The van der Waals surface area contributed by atoms with Crippen LogP contribution in [0, 0.1) is 5.41 Å². The summed E-state index contributed by atoms with van der Waals surface area (Å²) in [5.41, 5.74) is 0.143. The van der Waals surface area contributed by atoms with Crippen molar-refractivity contribution < 1.29 is 13.2 Å². The molecule has 6 heteroatoms. The Bertz CT molecular complexity index is 667. The lowest BCUT2D eigenvalue weighted by Gasteiger charge is -2.29. The minimum absolute atomic E-state index is 0.219. The van der Waals surface area contributed by atoms with E-state index < -0.39 is 11.7 Å². The molecule has 1 heterocycles. The standard InChI is InChI=1S/C17H20F3N3/c1-11(16(2)9-3-4-10-16)14-21-15(23-22-14)12-5-7-13(8-6-12)17(18,19)20/h5-8,11H,3-4,9-10H2,1-2H3,(H,21,22,23). The fourth-order valence-corrected chi connectivity index (χ4v) is 3.35. The molecule has 1 aliphatic carbocycles. The lowest BCUT2D eigenvalue weighted by molar-refractivity contribution is -0.137. The van der Waals surface area contributed by atoms with Crippen LogP contribution in [-0.4, -0.2) is 15.2 Å². The summed E-state index contributed by atoms with van der Waals surface area (Å²) in [7, 11) is 0. The molecule has 2 aromatic rings. The molecular formula is C17H20F3N3. The molecule has 1 aromatic carbocycles. The molecule has 3 nitrogen and oxygen atoms in total. The van der Waals surface area contributed by atoms with Gasteiger partial charge in [-0.3, -0.25) is 5.10 Å². The molecule has 1 fully saturated rings. The van der Waals surface area contributed by atoms with Gasteiger partial charge in [-0.15, -0.1) is 0 Å². The van der Waals surface area contributed by atoms with Crippen LogP contribution >= 0.6 is 0 Å². The van der Waals surface area contributed by atoms with Crippen molar-refractivity contribution in [3.63, 3.8) is 0 Å². The first-order valence-corrected chi connectivity index (χ1v) is 7.89. The largest absolute Gasteiger partial charge is 0.416 e. The van der Waals surface area contributed by atoms with Crippen LogP contribution in [-0.2, 0) is 6.18 Å². The van der Waals surface area contributed by atoms with E-state index in [0.717, 1.165) is 18.0 Å². The van der Waals surface area contributed by atoms with Crippen LogP contribution < -0.4 is 0 Å². The second kappa shape index (κ2) is 5.65. The van der Waals surface area contributed by atoms with Gasteiger partial charge in [-0.2, -0.15) is 18.3 Å². The van der Waals surface area contributed by atoms with Crippen molar-refractivity contribution in [3.05, 3.63) is 35.7 Å². The summed E-state index contributed by atoms with van der Waals surface area (Å²) in [6, 6.07) is 4.95. The Morgan fingerprint density at radius 3 is 2.30 bits per heavy atom. The van der Waals surface area contributed by atoms with Gasteiger partial charge in [-0.25, -0.2) is 4.98 Å². The lowest BCUT2D eigenvalue weighted by atomic mass is 9.76. The molecule has 0 spiro atoms. The number of rotatable bonds is 3. The van der Waals surface area contributed by atoms with E-state index in [1.807, 2.05) is 0 Å². The van der Waals surface area contributed by atoms with E-state index in [1.165, 1.54) is 37.8 Å². The number of aromatic amines is 1. The molecule has 1 N–H and O–H groups in total. The Morgan fingerprint density at radius 2 is 1.74 bits per heavy atom. The van der Waals surface area contributed by atoms with Crippen LogP contribution in [0.15, 0.2) is 24.3 Å². The highest BCUT2D eigenvalue weighted by Crippen LogP contribution is 2.47. The molecule has 0 saturated heterocycles. The predicted octanol–water partition coefficient (Wildman–Crippen LogP) is 5.17. The zero-order valence-electron chi connectivity index (χ0n) is 13.2. The average Bonchev–Trinajstić information content (AvgIpc) is 3.15. The van der Waals surface area contributed by atoms with Gasteiger partial charge in [-0.05, 0) is 30.4 Å². The number of nitrogens with zero attached hydrogens (tertiary/aromatic N) is 2. The van der Waals surface area contributed by atoms with E-state index in [-0.39, 0.29) is 11.3 Å². The van der Waals surface area contributed by atoms with Crippen LogP contribution in [0.2, 0.25) is 0 Å². The maximum atomic E-state index is 12.6. The number of aromatic nitrogens is 3.